The fourth-order valence-corrected chi connectivity index (χ4v) is 4.71. The van der Waals surface area contributed by atoms with E-state index in [1.165, 1.54) is 38.5 Å². The van der Waals surface area contributed by atoms with Gasteiger partial charge in [-0.05, 0) is 43.4 Å². The molecule has 2 aliphatic heterocycles. The molecule has 3 atom stereocenters. The maximum atomic E-state index is 12.7. The zero-order chi connectivity index (χ0) is 16.1. The molecule has 132 valence electrons. The van der Waals surface area contributed by atoms with Crippen molar-refractivity contribution in [2.45, 2.75) is 51.9 Å². The molecule has 4 heteroatoms. The minimum atomic E-state index is 0.427. The van der Waals surface area contributed by atoms with Crippen molar-refractivity contribution in [1.29, 1.82) is 0 Å². The third-order valence-electron chi connectivity index (χ3n) is 6.00. The number of carbonyl (C=O) groups excluding carboxylic acids is 1. The van der Waals surface area contributed by atoms with Gasteiger partial charge in [-0.2, -0.15) is 0 Å². The highest BCUT2D eigenvalue weighted by Crippen LogP contribution is 2.31. The van der Waals surface area contributed by atoms with Crippen LogP contribution in [0.1, 0.15) is 51.9 Å². The summed E-state index contributed by atoms with van der Waals surface area (Å²) in [6.07, 6.45) is 8.46. The number of likely N-dealkylation sites (tertiary alicyclic amines) is 1. The van der Waals surface area contributed by atoms with Crippen molar-refractivity contribution in [2.75, 3.05) is 45.9 Å². The number of amides is 1. The lowest BCUT2D eigenvalue weighted by molar-refractivity contribution is -0.134. The van der Waals surface area contributed by atoms with Crippen LogP contribution in [0.3, 0.4) is 0 Å². The quantitative estimate of drug-likeness (QED) is 0.798. The molecule has 2 heterocycles. The van der Waals surface area contributed by atoms with Crippen molar-refractivity contribution in [3.05, 3.63) is 0 Å². The minimum absolute atomic E-state index is 0.427. The van der Waals surface area contributed by atoms with Crippen molar-refractivity contribution in [3.63, 3.8) is 0 Å². The number of ether oxygens (including phenoxy) is 1. The van der Waals surface area contributed by atoms with Gasteiger partial charge in [0.1, 0.15) is 0 Å². The van der Waals surface area contributed by atoms with E-state index in [1.54, 1.807) is 0 Å². The average Bonchev–Trinajstić information content (AvgIpc) is 2.56. The van der Waals surface area contributed by atoms with E-state index in [9.17, 15) is 4.79 Å². The number of hydrogen-bond donors (Lipinski definition) is 0. The smallest absolute Gasteiger partial charge is 0.222 e. The Morgan fingerprint density at radius 2 is 1.83 bits per heavy atom. The second-order valence-corrected chi connectivity index (χ2v) is 8.10. The summed E-state index contributed by atoms with van der Waals surface area (Å²) >= 11 is 0. The summed E-state index contributed by atoms with van der Waals surface area (Å²) in [7, 11) is 0. The average molecular weight is 322 g/mol. The van der Waals surface area contributed by atoms with E-state index >= 15 is 0 Å². The molecule has 2 saturated heterocycles. The number of rotatable bonds is 4. The Kier molecular flexibility index (Phi) is 6.35. The number of nitrogens with zero attached hydrogens (tertiary/aromatic N) is 2. The molecule has 0 aromatic rings. The van der Waals surface area contributed by atoms with Gasteiger partial charge in [0.2, 0.25) is 5.91 Å². The molecule has 1 aliphatic carbocycles. The summed E-state index contributed by atoms with van der Waals surface area (Å²) in [5, 5.41) is 0. The summed E-state index contributed by atoms with van der Waals surface area (Å²) in [5.74, 6) is 2.55. The molecule has 3 aliphatic rings. The number of piperidine rings is 1. The highest BCUT2D eigenvalue weighted by atomic mass is 16.5. The van der Waals surface area contributed by atoms with Gasteiger partial charge in [0.25, 0.3) is 0 Å². The molecule has 3 fully saturated rings. The van der Waals surface area contributed by atoms with E-state index in [1.807, 2.05) is 0 Å². The molecule has 4 nitrogen and oxygen atoms in total. The van der Waals surface area contributed by atoms with Gasteiger partial charge in [-0.1, -0.05) is 19.8 Å². The van der Waals surface area contributed by atoms with Crippen LogP contribution in [0, 0.1) is 17.8 Å². The highest BCUT2D eigenvalue weighted by Gasteiger charge is 2.28. The van der Waals surface area contributed by atoms with Crippen molar-refractivity contribution in [1.82, 2.24) is 9.80 Å². The molecule has 0 spiro atoms. The first-order valence-electron chi connectivity index (χ1n) is 9.78. The van der Waals surface area contributed by atoms with Crippen LogP contribution in [0.15, 0.2) is 0 Å². The molecule has 0 N–H and O–H groups in total. The maximum Gasteiger partial charge on any atom is 0.222 e. The number of hydrogen-bond acceptors (Lipinski definition) is 3. The Hall–Kier alpha value is -0.610. The normalized spacial score (nSPS) is 33.6. The zero-order valence-corrected chi connectivity index (χ0v) is 14.8. The maximum absolute atomic E-state index is 12.7. The molecule has 0 radical (unpaired) electrons. The molecule has 23 heavy (non-hydrogen) atoms. The van der Waals surface area contributed by atoms with Crippen LogP contribution < -0.4 is 0 Å². The Labute approximate surface area is 141 Å². The highest BCUT2D eigenvalue weighted by molar-refractivity contribution is 5.76. The van der Waals surface area contributed by atoms with Crippen LogP contribution in [0.5, 0.6) is 0 Å². The van der Waals surface area contributed by atoms with E-state index in [0.29, 0.717) is 17.7 Å². The van der Waals surface area contributed by atoms with Gasteiger partial charge in [-0.3, -0.25) is 9.69 Å². The standard InChI is InChI=1S/C19H34N2O2/c1-16-4-2-5-17(12-16)13-19(22)21-7-3-6-18(15-21)14-20-8-10-23-11-9-20/h16-18H,2-15H2,1H3. The molecule has 1 saturated carbocycles. The third kappa shape index (κ3) is 5.18. The second-order valence-electron chi connectivity index (χ2n) is 8.10. The van der Waals surface area contributed by atoms with E-state index in [-0.39, 0.29) is 0 Å². The van der Waals surface area contributed by atoms with Crippen molar-refractivity contribution in [3.8, 4) is 0 Å². The summed E-state index contributed by atoms with van der Waals surface area (Å²) in [6, 6.07) is 0. The molecular weight excluding hydrogens is 288 g/mol. The van der Waals surface area contributed by atoms with Crippen molar-refractivity contribution < 1.29 is 9.53 Å². The Morgan fingerprint density at radius 3 is 2.61 bits per heavy atom. The first-order valence-corrected chi connectivity index (χ1v) is 9.78. The monoisotopic (exact) mass is 322 g/mol. The molecule has 3 unspecified atom stereocenters. The molecule has 3 rings (SSSR count). The van der Waals surface area contributed by atoms with Gasteiger partial charge < -0.3 is 9.64 Å². The van der Waals surface area contributed by atoms with Gasteiger partial charge in [-0.15, -0.1) is 0 Å². The zero-order valence-electron chi connectivity index (χ0n) is 14.8. The predicted octanol–water partition coefficient (Wildman–Crippen LogP) is 2.77. The van der Waals surface area contributed by atoms with E-state index < -0.39 is 0 Å². The summed E-state index contributed by atoms with van der Waals surface area (Å²) in [6.45, 7) is 9.32. The van der Waals surface area contributed by atoms with Crippen LogP contribution in [-0.2, 0) is 9.53 Å². The Balaban J connectivity index is 1.44. The molecule has 1 amide bonds. The summed E-state index contributed by atoms with van der Waals surface area (Å²) in [4.78, 5) is 17.4. The molecule has 0 aromatic carbocycles. The fraction of sp³-hybridized carbons (Fsp3) is 0.947. The van der Waals surface area contributed by atoms with Crippen LogP contribution in [0.4, 0.5) is 0 Å². The first kappa shape index (κ1) is 17.2. The van der Waals surface area contributed by atoms with E-state index in [2.05, 4.69) is 16.7 Å². The lowest BCUT2D eigenvalue weighted by atomic mass is 9.80. The summed E-state index contributed by atoms with van der Waals surface area (Å²) in [5.41, 5.74) is 0. The predicted molar refractivity (Wildman–Crippen MR) is 92.3 cm³/mol. The molecular formula is C19H34N2O2. The van der Waals surface area contributed by atoms with Crippen LogP contribution >= 0.6 is 0 Å². The molecule has 0 bridgehead atoms. The number of carbonyl (C=O) groups is 1. The second kappa shape index (κ2) is 8.48. The van der Waals surface area contributed by atoms with Gasteiger partial charge in [-0.25, -0.2) is 0 Å². The lowest BCUT2D eigenvalue weighted by Crippen LogP contribution is -2.46. The SMILES string of the molecule is CC1CCCC(CC(=O)N2CCCC(CN3CCOCC3)C2)C1. The third-order valence-corrected chi connectivity index (χ3v) is 6.00. The Bertz CT molecular complexity index is 382. The van der Waals surface area contributed by atoms with E-state index in [4.69, 9.17) is 4.74 Å². The Morgan fingerprint density at radius 1 is 1.04 bits per heavy atom. The summed E-state index contributed by atoms with van der Waals surface area (Å²) < 4.78 is 5.44. The minimum Gasteiger partial charge on any atom is -0.379 e. The topological polar surface area (TPSA) is 32.8 Å². The van der Waals surface area contributed by atoms with Gasteiger partial charge in [0.05, 0.1) is 13.2 Å². The van der Waals surface area contributed by atoms with E-state index in [0.717, 1.165) is 58.3 Å². The first-order chi connectivity index (χ1) is 11.2. The van der Waals surface area contributed by atoms with Crippen molar-refractivity contribution in [2.24, 2.45) is 17.8 Å². The van der Waals surface area contributed by atoms with Crippen molar-refractivity contribution >= 4 is 5.91 Å². The number of morpholine rings is 1. The van der Waals surface area contributed by atoms with Gasteiger partial charge in [0.15, 0.2) is 0 Å². The largest absolute Gasteiger partial charge is 0.379 e. The lowest BCUT2D eigenvalue weighted by Gasteiger charge is -2.37. The van der Waals surface area contributed by atoms with Crippen LogP contribution in [0.25, 0.3) is 0 Å². The van der Waals surface area contributed by atoms with Gasteiger partial charge in [0, 0.05) is 39.1 Å². The molecule has 0 aromatic heterocycles. The van der Waals surface area contributed by atoms with Crippen LogP contribution in [0.2, 0.25) is 0 Å². The van der Waals surface area contributed by atoms with Crippen LogP contribution in [-0.4, -0.2) is 61.6 Å². The fourth-order valence-electron chi connectivity index (χ4n) is 4.71. The van der Waals surface area contributed by atoms with Gasteiger partial charge >= 0.3 is 0 Å².